The van der Waals surface area contributed by atoms with Gasteiger partial charge in [0.15, 0.2) is 5.78 Å². The summed E-state index contributed by atoms with van der Waals surface area (Å²) in [6.07, 6.45) is 1.71. The fourth-order valence-corrected chi connectivity index (χ4v) is 2.20. The third-order valence-electron chi connectivity index (χ3n) is 3.59. The average Bonchev–Trinajstić information content (AvgIpc) is 2.52. The van der Waals surface area contributed by atoms with Crippen LogP contribution in [-0.2, 0) is 6.42 Å². The van der Waals surface area contributed by atoms with Crippen molar-refractivity contribution >= 4 is 5.78 Å². The quantitative estimate of drug-likeness (QED) is 0.771. The van der Waals surface area contributed by atoms with Crippen LogP contribution in [0.1, 0.15) is 29.3 Å². The van der Waals surface area contributed by atoms with Crippen LogP contribution < -0.4 is 5.32 Å². The van der Waals surface area contributed by atoms with Gasteiger partial charge in [0.25, 0.3) is 0 Å². The maximum atomic E-state index is 13.5. The molecule has 0 saturated heterocycles. The van der Waals surface area contributed by atoms with Crippen molar-refractivity contribution in [3.63, 3.8) is 0 Å². The van der Waals surface area contributed by atoms with Crippen LogP contribution in [0.3, 0.4) is 0 Å². The lowest BCUT2D eigenvalue weighted by Gasteiger charge is -2.13. The summed E-state index contributed by atoms with van der Waals surface area (Å²) < 4.78 is 13.5. The van der Waals surface area contributed by atoms with Gasteiger partial charge in [-0.2, -0.15) is 0 Å². The van der Waals surface area contributed by atoms with E-state index in [2.05, 4.69) is 5.32 Å². The number of carbonyl (C=O) groups is 1. The van der Waals surface area contributed by atoms with Crippen molar-refractivity contribution in [2.45, 2.75) is 25.8 Å². The van der Waals surface area contributed by atoms with Gasteiger partial charge in [-0.25, -0.2) is 4.39 Å². The maximum Gasteiger partial charge on any atom is 0.179 e. The highest BCUT2D eigenvalue weighted by atomic mass is 19.1. The molecular formula is C18H20FNO2. The molecular weight excluding hydrogens is 281 g/mol. The number of aryl methyl sites for hydroxylation is 1. The van der Waals surface area contributed by atoms with E-state index in [4.69, 9.17) is 0 Å². The largest absolute Gasteiger partial charge is 0.508 e. The maximum absolute atomic E-state index is 13.5. The molecule has 0 bridgehead atoms. The van der Waals surface area contributed by atoms with Crippen LogP contribution in [-0.4, -0.2) is 23.5 Å². The summed E-state index contributed by atoms with van der Waals surface area (Å²) in [6, 6.07) is 13.2. The van der Waals surface area contributed by atoms with Crippen molar-refractivity contribution in [3.8, 4) is 5.75 Å². The number of nitrogens with one attached hydrogen (secondary N) is 1. The van der Waals surface area contributed by atoms with Gasteiger partial charge < -0.3 is 10.4 Å². The molecule has 0 aliphatic rings. The first-order chi connectivity index (χ1) is 10.6. The van der Waals surface area contributed by atoms with Gasteiger partial charge in [0.1, 0.15) is 11.6 Å². The number of rotatable bonds is 7. The molecule has 1 atom stereocenters. The average molecular weight is 301 g/mol. The molecule has 0 radical (unpaired) electrons. The Hall–Kier alpha value is -2.20. The van der Waals surface area contributed by atoms with Crippen molar-refractivity contribution < 1.29 is 14.3 Å². The first-order valence-electron chi connectivity index (χ1n) is 7.35. The van der Waals surface area contributed by atoms with E-state index in [-0.39, 0.29) is 29.7 Å². The lowest BCUT2D eigenvalue weighted by Crippen LogP contribution is -2.32. The number of hydrogen-bond donors (Lipinski definition) is 2. The third kappa shape index (κ3) is 4.67. The van der Waals surface area contributed by atoms with Crippen LogP contribution in [0.15, 0.2) is 48.5 Å². The zero-order valence-electron chi connectivity index (χ0n) is 12.6. The molecule has 22 heavy (non-hydrogen) atoms. The molecule has 0 aliphatic heterocycles. The molecule has 0 spiro atoms. The normalized spacial score (nSPS) is 12.1. The summed E-state index contributed by atoms with van der Waals surface area (Å²) in [5.74, 6) is -0.467. The predicted molar refractivity (Wildman–Crippen MR) is 84.6 cm³/mol. The molecule has 116 valence electrons. The third-order valence-corrected chi connectivity index (χ3v) is 3.59. The number of aromatic hydroxyl groups is 1. The van der Waals surface area contributed by atoms with Crippen LogP contribution >= 0.6 is 0 Å². The van der Waals surface area contributed by atoms with Crippen molar-refractivity contribution in [2.75, 3.05) is 6.54 Å². The summed E-state index contributed by atoms with van der Waals surface area (Å²) in [7, 11) is 0. The molecule has 3 nitrogen and oxygen atoms in total. The second-order valence-electron chi connectivity index (χ2n) is 5.39. The molecule has 2 aromatic carbocycles. The van der Waals surface area contributed by atoms with Crippen molar-refractivity contribution in [3.05, 3.63) is 65.5 Å². The van der Waals surface area contributed by atoms with Crippen LogP contribution in [0.25, 0.3) is 0 Å². The number of Topliss-reactive ketones (excluding diaryl/α,β-unsaturated/α-hetero) is 1. The summed E-state index contributed by atoms with van der Waals surface area (Å²) in [4.78, 5) is 12.0. The number of benzene rings is 2. The Labute approximate surface area is 129 Å². The van der Waals surface area contributed by atoms with Gasteiger partial charge in [0.05, 0.1) is 12.1 Å². The number of hydrogen-bond acceptors (Lipinski definition) is 3. The monoisotopic (exact) mass is 301 g/mol. The van der Waals surface area contributed by atoms with E-state index >= 15 is 0 Å². The van der Waals surface area contributed by atoms with Crippen LogP contribution in [0, 0.1) is 5.82 Å². The highest BCUT2D eigenvalue weighted by Crippen LogP contribution is 2.12. The van der Waals surface area contributed by atoms with Gasteiger partial charge in [-0.1, -0.05) is 24.3 Å². The number of phenols is 1. The molecule has 2 aromatic rings. The van der Waals surface area contributed by atoms with E-state index in [1.165, 1.54) is 12.1 Å². The molecule has 2 rings (SSSR count). The van der Waals surface area contributed by atoms with Gasteiger partial charge in [-0.3, -0.25) is 4.79 Å². The molecule has 4 heteroatoms. The Morgan fingerprint density at radius 3 is 2.55 bits per heavy atom. The van der Waals surface area contributed by atoms with Crippen molar-refractivity contribution in [2.24, 2.45) is 0 Å². The minimum Gasteiger partial charge on any atom is -0.508 e. The van der Waals surface area contributed by atoms with Crippen molar-refractivity contribution in [1.29, 1.82) is 0 Å². The van der Waals surface area contributed by atoms with E-state index in [9.17, 15) is 14.3 Å². The number of carbonyl (C=O) groups excluding carboxylic acids is 1. The number of ketones is 1. The Balaban J connectivity index is 1.78. The van der Waals surface area contributed by atoms with Crippen LogP contribution in [0.4, 0.5) is 4.39 Å². The first kappa shape index (κ1) is 16.2. The van der Waals surface area contributed by atoms with E-state index in [1.54, 1.807) is 24.3 Å². The Morgan fingerprint density at radius 1 is 1.18 bits per heavy atom. The summed E-state index contributed by atoms with van der Waals surface area (Å²) in [5, 5.41) is 12.4. The summed E-state index contributed by atoms with van der Waals surface area (Å²) in [5.41, 5.74) is 1.26. The van der Waals surface area contributed by atoms with Crippen LogP contribution in [0.2, 0.25) is 0 Å². The Bertz CT molecular complexity index is 625. The topological polar surface area (TPSA) is 49.3 Å². The van der Waals surface area contributed by atoms with E-state index in [0.29, 0.717) is 0 Å². The van der Waals surface area contributed by atoms with Crippen molar-refractivity contribution in [1.82, 2.24) is 5.32 Å². The molecule has 0 amide bonds. The van der Waals surface area contributed by atoms with E-state index in [1.807, 2.05) is 19.1 Å². The van der Waals surface area contributed by atoms with E-state index in [0.717, 1.165) is 18.4 Å². The van der Waals surface area contributed by atoms with Gasteiger partial charge in [-0.05, 0) is 49.6 Å². The summed E-state index contributed by atoms with van der Waals surface area (Å²) >= 11 is 0. The fourth-order valence-electron chi connectivity index (χ4n) is 2.20. The minimum absolute atomic E-state index is 0.123. The number of phenolic OH excluding ortho intramolecular Hbond substituents is 1. The molecule has 0 aromatic heterocycles. The molecule has 0 heterocycles. The first-order valence-corrected chi connectivity index (χ1v) is 7.35. The van der Waals surface area contributed by atoms with Gasteiger partial charge in [0, 0.05) is 6.04 Å². The molecule has 0 fully saturated rings. The molecule has 0 saturated carbocycles. The highest BCUT2D eigenvalue weighted by molar-refractivity contribution is 5.97. The van der Waals surface area contributed by atoms with Gasteiger partial charge in [0.2, 0.25) is 0 Å². The fraction of sp³-hybridized carbons (Fsp3) is 0.278. The van der Waals surface area contributed by atoms with Crippen LogP contribution in [0.5, 0.6) is 5.75 Å². The number of halogens is 1. The summed E-state index contributed by atoms with van der Waals surface area (Å²) in [6.45, 7) is 2.12. The molecule has 2 N–H and O–H groups in total. The second-order valence-corrected chi connectivity index (χ2v) is 5.39. The Kier molecular flexibility index (Phi) is 5.67. The lowest BCUT2D eigenvalue weighted by molar-refractivity contribution is 0.0983. The standard InChI is InChI=1S/C18H20FNO2/c1-13(6-7-14-8-10-15(21)11-9-14)20-12-18(22)16-4-2-3-5-17(16)19/h2-5,8-11,13,20-21H,6-7,12H2,1H3/t13-/m0/s1. The molecule has 0 unspecified atom stereocenters. The molecule has 0 aliphatic carbocycles. The predicted octanol–water partition coefficient (Wildman–Crippen LogP) is 3.32. The highest BCUT2D eigenvalue weighted by Gasteiger charge is 2.12. The van der Waals surface area contributed by atoms with Gasteiger partial charge in [-0.15, -0.1) is 0 Å². The van der Waals surface area contributed by atoms with E-state index < -0.39 is 5.82 Å². The smallest absolute Gasteiger partial charge is 0.179 e. The second kappa shape index (κ2) is 7.71. The lowest BCUT2D eigenvalue weighted by atomic mass is 10.1. The Morgan fingerprint density at radius 2 is 1.86 bits per heavy atom. The zero-order chi connectivity index (χ0) is 15.9. The zero-order valence-corrected chi connectivity index (χ0v) is 12.6. The SMILES string of the molecule is C[C@@H](CCc1ccc(O)cc1)NCC(=O)c1ccccc1F. The minimum atomic E-state index is -0.481. The van der Waals surface area contributed by atoms with Gasteiger partial charge >= 0.3 is 0 Å².